The summed E-state index contributed by atoms with van der Waals surface area (Å²) in [5, 5.41) is 15.0. The highest BCUT2D eigenvalue weighted by molar-refractivity contribution is 5.85. The number of hydrogen-bond donors (Lipinski definition) is 2. The summed E-state index contributed by atoms with van der Waals surface area (Å²) >= 11 is 0. The minimum absolute atomic E-state index is 0.0588. The Labute approximate surface area is 218 Å². The summed E-state index contributed by atoms with van der Waals surface area (Å²) in [5.74, 6) is 0.743. The lowest BCUT2D eigenvalue weighted by Crippen LogP contribution is -2.51. The monoisotopic (exact) mass is 491 g/mol. The standard InChI is InChI=1S/C31H33N5O/c1-31(30-33-16-17-34-30,20-23-11-13-24(21-32)14-12-23)35-29(37)27-9-5-18-36(22-27)19-15-26-8-4-7-25-6-2-3-10-28(25)26/h2-4,6-8,10-14,16-17,27H,5,9,15,18-20,22H2,1H3,(H,33,34)(H,35,37)/t27-,31?/m0/s1. The highest BCUT2D eigenvalue weighted by atomic mass is 16.2. The number of fused-ring (bicyclic) bond motifs is 1. The number of H-pyrrole nitrogens is 1. The molecular weight excluding hydrogens is 458 g/mol. The van der Waals surface area contributed by atoms with E-state index in [-0.39, 0.29) is 11.8 Å². The van der Waals surface area contributed by atoms with E-state index < -0.39 is 5.54 Å². The Balaban J connectivity index is 1.25. The third kappa shape index (κ3) is 5.73. The summed E-state index contributed by atoms with van der Waals surface area (Å²) in [6.45, 7) is 4.75. The van der Waals surface area contributed by atoms with Crippen LogP contribution in [0.3, 0.4) is 0 Å². The van der Waals surface area contributed by atoms with Crippen LogP contribution in [0.4, 0.5) is 0 Å². The fourth-order valence-electron chi connectivity index (χ4n) is 5.50. The summed E-state index contributed by atoms with van der Waals surface area (Å²) < 4.78 is 0. The van der Waals surface area contributed by atoms with Gasteiger partial charge in [0.1, 0.15) is 5.82 Å². The van der Waals surface area contributed by atoms with E-state index in [1.807, 2.05) is 31.2 Å². The average Bonchev–Trinajstić information content (AvgIpc) is 3.49. The molecule has 2 atom stereocenters. The van der Waals surface area contributed by atoms with Crippen LogP contribution < -0.4 is 5.32 Å². The number of aromatic amines is 1. The van der Waals surface area contributed by atoms with Crippen molar-refractivity contribution in [1.29, 1.82) is 5.26 Å². The van der Waals surface area contributed by atoms with E-state index in [1.54, 1.807) is 12.4 Å². The van der Waals surface area contributed by atoms with E-state index >= 15 is 0 Å². The zero-order chi connectivity index (χ0) is 25.7. The summed E-state index contributed by atoms with van der Waals surface area (Å²) in [4.78, 5) is 23.7. The van der Waals surface area contributed by atoms with Crippen molar-refractivity contribution in [3.05, 3.63) is 102 Å². The lowest BCUT2D eigenvalue weighted by molar-refractivity contribution is -0.128. The van der Waals surface area contributed by atoms with Crippen LogP contribution in [0.15, 0.2) is 79.1 Å². The Kier molecular flexibility index (Phi) is 7.34. The molecule has 6 nitrogen and oxygen atoms in total. The van der Waals surface area contributed by atoms with Crippen molar-refractivity contribution >= 4 is 16.7 Å². The Morgan fingerprint density at radius 2 is 1.97 bits per heavy atom. The van der Waals surface area contributed by atoms with Gasteiger partial charge in [-0.1, -0.05) is 54.6 Å². The van der Waals surface area contributed by atoms with E-state index in [0.29, 0.717) is 12.0 Å². The fraction of sp³-hybridized carbons (Fsp3) is 0.323. The third-order valence-electron chi connectivity index (χ3n) is 7.51. The first-order valence-electron chi connectivity index (χ1n) is 13.0. The first-order chi connectivity index (χ1) is 18.0. The minimum atomic E-state index is -0.681. The van der Waals surface area contributed by atoms with Crippen molar-refractivity contribution in [2.75, 3.05) is 19.6 Å². The number of imidazole rings is 1. The second kappa shape index (κ2) is 11.0. The van der Waals surface area contributed by atoms with Crippen molar-refractivity contribution in [2.24, 2.45) is 5.92 Å². The maximum atomic E-state index is 13.6. The predicted octanol–water partition coefficient (Wildman–Crippen LogP) is 4.96. The number of rotatable bonds is 8. The molecule has 0 spiro atoms. The Hall–Kier alpha value is -3.95. The molecule has 1 aliphatic heterocycles. The van der Waals surface area contributed by atoms with Crippen LogP contribution >= 0.6 is 0 Å². The molecule has 0 saturated carbocycles. The number of carbonyl (C=O) groups is 1. The van der Waals surface area contributed by atoms with Crippen LogP contribution in [-0.4, -0.2) is 40.4 Å². The second-order valence-electron chi connectivity index (χ2n) is 10.3. The molecule has 1 amide bonds. The largest absolute Gasteiger partial charge is 0.347 e. The van der Waals surface area contributed by atoms with E-state index in [1.165, 1.54) is 16.3 Å². The van der Waals surface area contributed by atoms with Crippen LogP contribution in [0.2, 0.25) is 0 Å². The molecule has 1 saturated heterocycles. The van der Waals surface area contributed by atoms with Gasteiger partial charge in [0.25, 0.3) is 0 Å². The topological polar surface area (TPSA) is 84.8 Å². The number of carbonyl (C=O) groups excluding carboxylic acids is 1. The highest BCUT2D eigenvalue weighted by Crippen LogP contribution is 2.26. The molecule has 0 radical (unpaired) electrons. The smallest absolute Gasteiger partial charge is 0.225 e. The van der Waals surface area contributed by atoms with Gasteiger partial charge >= 0.3 is 0 Å². The van der Waals surface area contributed by atoms with Gasteiger partial charge in [0.2, 0.25) is 5.91 Å². The zero-order valence-corrected chi connectivity index (χ0v) is 21.3. The molecule has 1 aliphatic rings. The van der Waals surface area contributed by atoms with Crippen LogP contribution in [0.25, 0.3) is 10.8 Å². The zero-order valence-electron chi connectivity index (χ0n) is 21.3. The van der Waals surface area contributed by atoms with Crippen molar-refractivity contribution in [3.8, 4) is 6.07 Å². The van der Waals surface area contributed by atoms with Gasteiger partial charge < -0.3 is 15.2 Å². The van der Waals surface area contributed by atoms with Gasteiger partial charge in [-0.15, -0.1) is 0 Å². The van der Waals surface area contributed by atoms with Gasteiger partial charge in [0, 0.05) is 31.9 Å². The molecule has 37 heavy (non-hydrogen) atoms. The molecule has 1 unspecified atom stereocenters. The summed E-state index contributed by atoms with van der Waals surface area (Å²) in [5.41, 5.74) is 2.34. The summed E-state index contributed by atoms with van der Waals surface area (Å²) in [6.07, 6.45) is 6.96. The fourth-order valence-corrected chi connectivity index (χ4v) is 5.50. The molecule has 4 aromatic rings. The molecular formula is C31H33N5O. The van der Waals surface area contributed by atoms with Crippen LogP contribution in [0, 0.1) is 17.2 Å². The Morgan fingerprint density at radius 3 is 2.76 bits per heavy atom. The van der Waals surface area contributed by atoms with Crippen LogP contribution in [0.5, 0.6) is 0 Å². The Bertz CT molecular complexity index is 1380. The van der Waals surface area contributed by atoms with E-state index in [0.717, 1.165) is 50.3 Å². The number of benzene rings is 3. The SMILES string of the molecule is CC(Cc1ccc(C#N)cc1)(NC(=O)[C@H]1CCCN(CCc2cccc3ccccc23)C1)c1ncc[nH]1. The summed E-state index contributed by atoms with van der Waals surface area (Å²) in [7, 11) is 0. The number of aromatic nitrogens is 2. The van der Waals surface area contributed by atoms with E-state index in [9.17, 15) is 4.79 Å². The molecule has 1 aromatic heterocycles. The normalized spacial score (nSPS) is 17.7. The van der Waals surface area contributed by atoms with Crippen LogP contribution in [-0.2, 0) is 23.2 Å². The molecule has 3 aromatic carbocycles. The first-order valence-corrected chi connectivity index (χ1v) is 13.0. The predicted molar refractivity (Wildman–Crippen MR) is 146 cm³/mol. The number of piperidine rings is 1. The lowest BCUT2D eigenvalue weighted by Gasteiger charge is -2.35. The van der Waals surface area contributed by atoms with Gasteiger partial charge in [-0.25, -0.2) is 4.98 Å². The van der Waals surface area contributed by atoms with Gasteiger partial charge in [-0.05, 0) is 66.8 Å². The van der Waals surface area contributed by atoms with E-state index in [2.05, 4.69) is 68.7 Å². The number of likely N-dealkylation sites (tertiary alicyclic amines) is 1. The molecule has 1 fully saturated rings. The quantitative estimate of drug-likeness (QED) is 0.365. The number of amides is 1. The first kappa shape index (κ1) is 24.7. The molecule has 188 valence electrons. The molecule has 2 heterocycles. The van der Waals surface area contributed by atoms with Gasteiger partial charge in [-0.3, -0.25) is 4.79 Å². The maximum Gasteiger partial charge on any atom is 0.225 e. The number of hydrogen-bond acceptors (Lipinski definition) is 4. The van der Waals surface area contributed by atoms with Crippen molar-refractivity contribution < 1.29 is 4.79 Å². The maximum absolute atomic E-state index is 13.6. The van der Waals surface area contributed by atoms with Crippen LogP contribution in [0.1, 0.15) is 42.3 Å². The molecule has 6 heteroatoms. The second-order valence-corrected chi connectivity index (χ2v) is 10.3. The van der Waals surface area contributed by atoms with Crippen molar-refractivity contribution in [2.45, 2.75) is 38.1 Å². The number of nitrogens with zero attached hydrogens (tertiary/aromatic N) is 3. The molecule has 5 rings (SSSR count). The number of nitriles is 1. The number of nitrogens with one attached hydrogen (secondary N) is 2. The lowest BCUT2D eigenvalue weighted by atomic mass is 9.89. The average molecular weight is 492 g/mol. The molecule has 2 N–H and O–H groups in total. The molecule has 0 aliphatic carbocycles. The minimum Gasteiger partial charge on any atom is -0.347 e. The van der Waals surface area contributed by atoms with Crippen molar-refractivity contribution in [3.63, 3.8) is 0 Å². The van der Waals surface area contributed by atoms with Gasteiger partial charge in [-0.2, -0.15) is 5.26 Å². The summed E-state index contributed by atoms with van der Waals surface area (Å²) in [6, 6.07) is 24.7. The third-order valence-corrected chi connectivity index (χ3v) is 7.51. The highest BCUT2D eigenvalue weighted by Gasteiger charge is 2.35. The van der Waals surface area contributed by atoms with E-state index in [4.69, 9.17) is 5.26 Å². The van der Waals surface area contributed by atoms with Gasteiger partial charge in [0.15, 0.2) is 0 Å². The Morgan fingerprint density at radius 1 is 1.16 bits per heavy atom. The van der Waals surface area contributed by atoms with Gasteiger partial charge in [0.05, 0.1) is 23.1 Å². The molecule has 0 bridgehead atoms. The van der Waals surface area contributed by atoms with Crippen molar-refractivity contribution in [1.82, 2.24) is 20.2 Å².